The first-order valence-corrected chi connectivity index (χ1v) is 10.3. The number of aromatic nitrogens is 5. The average molecular weight is 435 g/mol. The van der Waals surface area contributed by atoms with Gasteiger partial charge in [-0.15, -0.1) is 0 Å². The first-order valence-electron chi connectivity index (χ1n) is 9.57. The van der Waals surface area contributed by atoms with Gasteiger partial charge in [0.15, 0.2) is 5.65 Å². The third kappa shape index (κ3) is 3.01. The number of nitrogens with one attached hydrogen (secondary N) is 1. The van der Waals surface area contributed by atoms with E-state index in [1.54, 1.807) is 17.7 Å². The number of anilines is 1. The highest BCUT2D eigenvalue weighted by Crippen LogP contribution is 2.40. The summed E-state index contributed by atoms with van der Waals surface area (Å²) in [6, 6.07) is 1.69. The summed E-state index contributed by atoms with van der Waals surface area (Å²) in [5.74, 6) is 0.644. The molecule has 3 aromatic rings. The normalized spacial score (nSPS) is 18.8. The van der Waals surface area contributed by atoms with Gasteiger partial charge >= 0.3 is 0 Å². The zero-order valence-corrected chi connectivity index (χ0v) is 17.4. The molecular formula is C19H20Cl2N6O2. The molecule has 8 nitrogen and oxygen atoms in total. The SMILES string of the molecule is Cn1c(N2CCC3(CCOC3)CC2)nc2[nH]nc(-c3ccnc(Cl)c3Cl)c2c1=O. The Labute approximate surface area is 176 Å². The van der Waals surface area contributed by atoms with Crippen LogP contribution in [0.3, 0.4) is 0 Å². The van der Waals surface area contributed by atoms with Crippen molar-refractivity contribution in [2.45, 2.75) is 19.3 Å². The third-order valence-electron chi connectivity index (χ3n) is 6.17. The number of aromatic amines is 1. The maximum atomic E-state index is 13.2. The zero-order chi connectivity index (χ0) is 20.2. The molecule has 0 saturated carbocycles. The molecule has 0 amide bonds. The Morgan fingerprint density at radius 1 is 1.24 bits per heavy atom. The van der Waals surface area contributed by atoms with Gasteiger partial charge in [-0.3, -0.25) is 14.5 Å². The molecule has 10 heteroatoms. The van der Waals surface area contributed by atoms with Crippen LogP contribution < -0.4 is 10.5 Å². The molecule has 2 fully saturated rings. The second kappa shape index (κ2) is 6.97. The molecule has 2 aliphatic heterocycles. The topological polar surface area (TPSA) is 88.9 Å². The predicted octanol–water partition coefficient (Wildman–Crippen LogP) is 3.03. The van der Waals surface area contributed by atoms with Gasteiger partial charge in [-0.25, -0.2) is 4.98 Å². The molecule has 0 aromatic carbocycles. The fourth-order valence-electron chi connectivity index (χ4n) is 4.35. The van der Waals surface area contributed by atoms with Crippen molar-refractivity contribution in [3.63, 3.8) is 0 Å². The number of rotatable bonds is 2. The monoisotopic (exact) mass is 434 g/mol. The Bertz CT molecular complexity index is 1140. The van der Waals surface area contributed by atoms with E-state index in [9.17, 15) is 4.79 Å². The van der Waals surface area contributed by atoms with Crippen LogP contribution in [0.2, 0.25) is 10.2 Å². The van der Waals surface area contributed by atoms with E-state index in [1.165, 1.54) is 6.20 Å². The quantitative estimate of drug-likeness (QED) is 0.623. The summed E-state index contributed by atoms with van der Waals surface area (Å²) in [5.41, 5.74) is 1.52. The van der Waals surface area contributed by atoms with Crippen LogP contribution in [0.25, 0.3) is 22.3 Å². The molecule has 0 radical (unpaired) electrons. The molecule has 5 rings (SSSR count). The molecule has 1 N–H and O–H groups in total. The van der Waals surface area contributed by atoms with E-state index < -0.39 is 0 Å². The number of nitrogens with zero attached hydrogens (tertiary/aromatic N) is 5. The molecule has 5 heterocycles. The van der Waals surface area contributed by atoms with E-state index in [4.69, 9.17) is 32.9 Å². The molecule has 2 aliphatic rings. The summed E-state index contributed by atoms with van der Waals surface area (Å²) < 4.78 is 7.20. The van der Waals surface area contributed by atoms with Crippen molar-refractivity contribution >= 4 is 40.2 Å². The fraction of sp³-hybridized carbons (Fsp3) is 0.474. The van der Waals surface area contributed by atoms with E-state index in [0.29, 0.717) is 28.2 Å². The molecule has 0 aliphatic carbocycles. The Morgan fingerprint density at radius 2 is 2.03 bits per heavy atom. The number of piperidine rings is 1. The van der Waals surface area contributed by atoms with Crippen molar-refractivity contribution in [3.8, 4) is 11.3 Å². The lowest BCUT2D eigenvalue weighted by Crippen LogP contribution is -2.43. The average Bonchev–Trinajstić information content (AvgIpc) is 3.35. The van der Waals surface area contributed by atoms with Gasteiger partial charge in [-0.1, -0.05) is 23.2 Å². The summed E-state index contributed by atoms with van der Waals surface area (Å²) in [6.45, 7) is 3.39. The summed E-state index contributed by atoms with van der Waals surface area (Å²) in [7, 11) is 1.74. The maximum absolute atomic E-state index is 13.2. The van der Waals surface area contributed by atoms with Crippen LogP contribution in [0, 0.1) is 5.41 Å². The largest absolute Gasteiger partial charge is 0.381 e. The van der Waals surface area contributed by atoms with Crippen molar-refractivity contribution in [1.29, 1.82) is 0 Å². The van der Waals surface area contributed by atoms with Crippen LogP contribution >= 0.6 is 23.2 Å². The number of hydrogen-bond donors (Lipinski definition) is 1. The van der Waals surface area contributed by atoms with Gasteiger partial charge in [0.2, 0.25) is 5.95 Å². The lowest BCUT2D eigenvalue weighted by atomic mass is 9.78. The van der Waals surface area contributed by atoms with E-state index in [-0.39, 0.29) is 21.2 Å². The van der Waals surface area contributed by atoms with E-state index >= 15 is 0 Å². The molecule has 0 bridgehead atoms. The van der Waals surface area contributed by atoms with Crippen LogP contribution in [0.1, 0.15) is 19.3 Å². The zero-order valence-electron chi connectivity index (χ0n) is 15.9. The van der Waals surface area contributed by atoms with Gasteiger partial charge in [-0.2, -0.15) is 10.1 Å². The van der Waals surface area contributed by atoms with Gasteiger partial charge in [0.05, 0.1) is 11.6 Å². The first-order chi connectivity index (χ1) is 14.0. The summed E-state index contributed by atoms with van der Waals surface area (Å²) in [6.07, 6.45) is 4.73. The second-order valence-corrected chi connectivity index (χ2v) is 8.56. The molecule has 0 unspecified atom stereocenters. The standard InChI is InChI=1S/C19H20Cl2N6O2/c1-26-17(28)12-14(11-2-6-22-15(21)13(11)20)24-25-16(12)23-18(26)27-7-3-19(4-8-27)5-9-29-10-19/h2,6H,3-5,7-10H2,1H3,(H,24,25). The summed E-state index contributed by atoms with van der Waals surface area (Å²) >= 11 is 12.3. The molecule has 152 valence electrons. The maximum Gasteiger partial charge on any atom is 0.266 e. The van der Waals surface area contributed by atoms with Crippen LogP contribution in [-0.4, -0.2) is 51.0 Å². The third-order valence-corrected chi connectivity index (χ3v) is 6.94. The Kier molecular flexibility index (Phi) is 4.53. The number of H-pyrrole nitrogens is 1. The Morgan fingerprint density at radius 3 is 2.76 bits per heavy atom. The number of fused-ring (bicyclic) bond motifs is 1. The minimum absolute atomic E-state index is 0.167. The first kappa shape index (κ1) is 18.8. The highest BCUT2D eigenvalue weighted by atomic mass is 35.5. The lowest BCUT2D eigenvalue weighted by molar-refractivity contribution is 0.133. The van der Waals surface area contributed by atoms with Gasteiger partial charge in [0, 0.05) is 38.5 Å². The van der Waals surface area contributed by atoms with Crippen molar-refractivity contribution < 1.29 is 4.74 Å². The minimum atomic E-state index is -0.178. The Balaban J connectivity index is 1.54. The fourth-order valence-corrected chi connectivity index (χ4v) is 4.71. The van der Waals surface area contributed by atoms with Crippen LogP contribution in [-0.2, 0) is 11.8 Å². The highest BCUT2D eigenvalue weighted by Gasteiger charge is 2.38. The molecular weight excluding hydrogens is 415 g/mol. The molecule has 3 aromatic heterocycles. The van der Waals surface area contributed by atoms with Crippen molar-refractivity contribution in [1.82, 2.24) is 24.7 Å². The molecule has 0 atom stereocenters. The van der Waals surface area contributed by atoms with Crippen molar-refractivity contribution in [3.05, 3.63) is 32.8 Å². The van der Waals surface area contributed by atoms with E-state index in [1.807, 2.05) is 0 Å². The predicted molar refractivity (Wildman–Crippen MR) is 112 cm³/mol. The Hall–Kier alpha value is -2.16. The molecule has 29 heavy (non-hydrogen) atoms. The number of pyridine rings is 1. The second-order valence-electron chi connectivity index (χ2n) is 7.82. The number of halogens is 2. The van der Waals surface area contributed by atoms with Gasteiger partial charge in [-0.05, 0) is 30.7 Å². The van der Waals surface area contributed by atoms with Crippen LogP contribution in [0.15, 0.2) is 17.1 Å². The lowest BCUT2D eigenvalue weighted by Gasteiger charge is -2.39. The number of hydrogen-bond acceptors (Lipinski definition) is 6. The smallest absolute Gasteiger partial charge is 0.266 e. The van der Waals surface area contributed by atoms with E-state index in [2.05, 4.69) is 20.1 Å². The summed E-state index contributed by atoms with van der Waals surface area (Å²) in [5, 5.41) is 8.00. The van der Waals surface area contributed by atoms with Crippen LogP contribution in [0.5, 0.6) is 0 Å². The highest BCUT2D eigenvalue weighted by molar-refractivity contribution is 6.43. The van der Waals surface area contributed by atoms with Gasteiger partial charge in [0.25, 0.3) is 5.56 Å². The van der Waals surface area contributed by atoms with Crippen LogP contribution in [0.4, 0.5) is 5.95 Å². The van der Waals surface area contributed by atoms with Gasteiger partial charge in [0.1, 0.15) is 16.2 Å². The minimum Gasteiger partial charge on any atom is -0.381 e. The molecule has 2 saturated heterocycles. The summed E-state index contributed by atoms with van der Waals surface area (Å²) in [4.78, 5) is 24.1. The van der Waals surface area contributed by atoms with Gasteiger partial charge < -0.3 is 9.64 Å². The molecule has 1 spiro atoms. The van der Waals surface area contributed by atoms with Crippen molar-refractivity contribution in [2.24, 2.45) is 12.5 Å². The van der Waals surface area contributed by atoms with Crippen molar-refractivity contribution in [2.75, 3.05) is 31.2 Å². The van der Waals surface area contributed by atoms with E-state index in [0.717, 1.165) is 45.6 Å². The number of ether oxygens (including phenoxy) is 1.